The molecule has 0 unspecified atom stereocenters. The molecule has 0 aliphatic heterocycles. The molecule has 8 heteroatoms. The molecular weight excluding hydrogens is 328 g/mol. The van der Waals surface area contributed by atoms with Gasteiger partial charge in [-0.05, 0) is 30.4 Å². The Morgan fingerprint density at radius 1 is 1.20 bits per heavy atom. The number of nitrogens with zero attached hydrogens (tertiary/aromatic N) is 2. The Morgan fingerprint density at radius 3 is 2.56 bits per heavy atom. The molecule has 0 spiro atoms. The summed E-state index contributed by atoms with van der Waals surface area (Å²) in [7, 11) is 0. The number of carbonyl (C=O) groups is 1. The van der Waals surface area contributed by atoms with E-state index in [0.29, 0.717) is 17.0 Å². The van der Waals surface area contributed by atoms with E-state index < -0.39 is 10.9 Å². The van der Waals surface area contributed by atoms with Crippen LogP contribution in [0.25, 0.3) is 23.1 Å². The second kappa shape index (κ2) is 7.73. The first-order valence-corrected chi connectivity index (χ1v) is 7.07. The summed E-state index contributed by atoms with van der Waals surface area (Å²) in [5.41, 5.74) is 1.12. The van der Waals surface area contributed by atoms with E-state index in [1.54, 1.807) is 30.4 Å². The van der Waals surface area contributed by atoms with Gasteiger partial charge in [-0.2, -0.15) is 0 Å². The summed E-state index contributed by atoms with van der Waals surface area (Å²) in [6.07, 6.45) is 3.25. The molecular formula is C17H14N2O6. The zero-order chi connectivity index (χ0) is 18.4. The van der Waals surface area contributed by atoms with Gasteiger partial charge in [0.15, 0.2) is 0 Å². The van der Waals surface area contributed by atoms with Crippen molar-refractivity contribution in [2.75, 3.05) is 0 Å². The van der Waals surface area contributed by atoms with Crippen LogP contribution in [0.1, 0.15) is 18.4 Å². The summed E-state index contributed by atoms with van der Waals surface area (Å²) in [6, 6.07) is 11.6. The number of aliphatic carboxylic acids is 1. The van der Waals surface area contributed by atoms with Gasteiger partial charge >= 0.3 is 5.88 Å². The minimum atomic E-state index is -0.833. The SMILES string of the molecule is CC(=O)O.O=[N+]([O-])c1ccc(/C=C/c2ccc3cccc(O)c3n2)o1. The van der Waals surface area contributed by atoms with Crippen LogP contribution in [0.15, 0.2) is 46.9 Å². The highest BCUT2D eigenvalue weighted by Gasteiger charge is 2.09. The standard InChI is InChI=1S/C15H10N2O4.C2H4O2/c18-13-3-1-2-10-4-5-11(16-15(10)13)6-7-12-8-9-14(21-12)17(19)20;1-2(3)4/h1-9,18H;1H3,(H,3,4)/b7-6+;. The zero-order valence-electron chi connectivity index (χ0n) is 13.1. The van der Waals surface area contributed by atoms with Crippen molar-refractivity contribution in [2.45, 2.75) is 6.92 Å². The second-order valence-corrected chi connectivity index (χ2v) is 4.87. The summed E-state index contributed by atoms with van der Waals surface area (Å²) < 4.78 is 5.01. The van der Waals surface area contributed by atoms with Gasteiger partial charge in [-0.15, -0.1) is 0 Å². The molecule has 0 bridgehead atoms. The third kappa shape index (κ3) is 4.90. The maximum Gasteiger partial charge on any atom is 0.433 e. The van der Waals surface area contributed by atoms with Crippen molar-refractivity contribution in [3.63, 3.8) is 0 Å². The normalized spacial score (nSPS) is 10.4. The average Bonchev–Trinajstić information content (AvgIpc) is 3.02. The zero-order valence-corrected chi connectivity index (χ0v) is 13.1. The van der Waals surface area contributed by atoms with E-state index in [1.807, 2.05) is 12.1 Å². The highest BCUT2D eigenvalue weighted by atomic mass is 16.6. The van der Waals surface area contributed by atoms with Gasteiger partial charge in [-0.1, -0.05) is 18.2 Å². The summed E-state index contributed by atoms with van der Waals surface area (Å²) in [5, 5.41) is 28.5. The van der Waals surface area contributed by atoms with Gasteiger partial charge in [0.2, 0.25) is 0 Å². The van der Waals surface area contributed by atoms with Gasteiger partial charge in [0.25, 0.3) is 5.97 Å². The molecule has 0 aliphatic carbocycles. The quantitative estimate of drug-likeness (QED) is 0.548. The van der Waals surface area contributed by atoms with Crippen LogP contribution in [-0.2, 0) is 4.79 Å². The Hall–Kier alpha value is -3.68. The third-order valence-corrected chi connectivity index (χ3v) is 2.93. The molecule has 0 saturated carbocycles. The monoisotopic (exact) mass is 342 g/mol. The smallest absolute Gasteiger partial charge is 0.433 e. The number of para-hydroxylation sites is 1. The third-order valence-electron chi connectivity index (χ3n) is 2.93. The number of aromatic hydroxyl groups is 1. The van der Waals surface area contributed by atoms with Crippen LogP contribution in [0, 0.1) is 10.1 Å². The predicted octanol–water partition coefficient (Wildman–Crippen LogP) is 3.70. The maximum atomic E-state index is 10.5. The number of pyridine rings is 1. The Labute approximate surface area is 141 Å². The number of rotatable bonds is 3. The molecule has 25 heavy (non-hydrogen) atoms. The molecule has 0 atom stereocenters. The van der Waals surface area contributed by atoms with Crippen LogP contribution in [0.3, 0.4) is 0 Å². The summed E-state index contributed by atoms with van der Waals surface area (Å²) in [6.45, 7) is 1.08. The van der Waals surface area contributed by atoms with E-state index >= 15 is 0 Å². The topological polar surface area (TPSA) is 127 Å². The van der Waals surface area contributed by atoms with Gasteiger partial charge < -0.3 is 14.6 Å². The highest BCUT2D eigenvalue weighted by molar-refractivity contribution is 5.85. The lowest BCUT2D eigenvalue weighted by molar-refractivity contribution is -0.402. The van der Waals surface area contributed by atoms with Crippen molar-refractivity contribution in [1.29, 1.82) is 0 Å². The van der Waals surface area contributed by atoms with Gasteiger partial charge in [0.1, 0.15) is 21.9 Å². The number of nitro groups is 1. The van der Waals surface area contributed by atoms with Crippen LogP contribution in [0.2, 0.25) is 0 Å². The number of furan rings is 1. The molecule has 128 valence electrons. The van der Waals surface area contributed by atoms with Crippen molar-refractivity contribution in [3.8, 4) is 5.75 Å². The van der Waals surface area contributed by atoms with E-state index in [4.69, 9.17) is 14.3 Å². The molecule has 0 aliphatic rings. The van der Waals surface area contributed by atoms with Crippen LogP contribution in [0.4, 0.5) is 5.88 Å². The fraction of sp³-hybridized carbons (Fsp3) is 0.0588. The molecule has 2 N–H and O–H groups in total. The molecule has 1 aromatic carbocycles. The second-order valence-electron chi connectivity index (χ2n) is 4.87. The Morgan fingerprint density at radius 2 is 1.92 bits per heavy atom. The molecule has 0 saturated heterocycles. The molecule has 8 nitrogen and oxygen atoms in total. The minimum absolute atomic E-state index is 0.108. The van der Waals surface area contributed by atoms with Gasteiger partial charge in [0, 0.05) is 12.3 Å². The number of fused-ring (bicyclic) bond motifs is 1. The number of benzene rings is 1. The summed E-state index contributed by atoms with van der Waals surface area (Å²) >= 11 is 0. The van der Waals surface area contributed by atoms with Crippen LogP contribution in [0.5, 0.6) is 5.75 Å². The van der Waals surface area contributed by atoms with Crippen molar-refractivity contribution in [2.24, 2.45) is 0 Å². The van der Waals surface area contributed by atoms with Crippen molar-refractivity contribution in [1.82, 2.24) is 4.98 Å². The van der Waals surface area contributed by atoms with Crippen molar-refractivity contribution in [3.05, 3.63) is 64.0 Å². The lowest BCUT2D eigenvalue weighted by Gasteiger charge is -2.00. The fourth-order valence-electron chi connectivity index (χ4n) is 1.94. The van der Waals surface area contributed by atoms with E-state index in [1.165, 1.54) is 12.1 Å². The van der Waals surface area contributed by atoms with Crippen LogP contribution < -0.4 is 0 Å². The first-order valence-electron chi connectivity index (χ1n) is 7.07. The number of hydrogen-bond acceptors (Lipinski definition) is 6. The van der Waals surface area contributed by atoms with E-state index in [9.17, 15) is 15.2 Å². The Bertz CT molecular complexity index is 941. The van der Waals surface area contributed by atoms with E-state index in [-0.39, 0.29) is 11.6 Å². The Balaban J connectivity index is 0.000000511. The summed E-state index contributed by atoms with van der Waals surface area (Å²) in [4.78, 5) is 23.2. The molecule has 3 aromatic rings. The molecule has 0 amide bonds. The number of carboxylic acids is 1. The minimum Gasteiger partial charge on any atom is -0.506 e. The van der Waals surface area contributed by atoms with E-state index in [0.717, 1.165) is 12.3 Å². The maximum absolute atomic E-state index is 10.5. The van der Waals surface area contributed by atoms with Crippen molar-refractivity contribution < 1.29 is 24.3 Å². The number of phenols is 1. The molecule has 2 heterocycles. The molecule has 0 radical (unpaired) electrons. The lowest BCUT2D eigenvalue weighted by atomic mass is 10.2. The predicted molar refractivity (Wildman–Crippen MR) is 91.0 cm³/mol. The number of hydrogen-bond donors (Lipinski definition) is 2. The molecule has 3 rings (SSSR count). The van der Waals surface area contributed by atoms with Gasteiger partial charge in [-0.3, -0.25) is 14.9 Å². The van der Waals surface area contributed by atoms with Crippen LogP contribution >= 0.6 is 0 Å². The van der Waals surface area contributed by atoms with Crippen molar-refractivity contribution >= 4 is 34.9 Å². The average molecular weight is 342 g/mol. The van der Waals surface area contributed by atoms with E-state index in [2.05, 4.69) is 4.98 Å². The molecule has 2 aromatic heterocycles. The largest absolute Gasteiger partial charge is 0.506 e. The molecule has 0 fully saturated rings. The fourth-order valence-corrected chi connectivity index (χ4v) is 1.94. The highest BCUT2D eigenvalue weighted by Crippen LogP contribution is 2.23. The van der Waals surface area contributed by atoms with Crippen LogP contribution in [-0.4, -0.2) is 26.1 Å². The number of phenolic OH excluding ortho intramolecular Hbond substituents is 1. The summed E-state index contributed by atoms with van der Waals surface area (Å²) in [5.74, 6) is -0.670. The van der Waals surface area contributed by atoms with Gasteiger partial charge in [-0.25, -0.2) is 4.98 Å². The first-order chi connectivity index (χ1) is 11.9. The first kappa shape index (κ1) is 17.7. The van der Waals surface area contributed by atoms with Gasteiger partial charge in [0.05, 0.1) is 11.8 Å². The Kier molecular flexibility index (Phi) is 5.47. The lowest BCUT2D eigenvalue weighted by Crippen LogP contribution is -1.83. The number of aromatic nitrogens is 1. The number of carboxylic acid groups (broad SMARTS) is 1.